The van der Waals surface area contributed by atoms with Gasteiger partial charge in [-0.25, -0.2) is 0 Å². The summed E-state index contributed by atoms with van der Waals surface area (Å²) in [6.07, 6.45) is 93.0. The van der Waals surface area contributed by atoms with E-state index in [0.717, 1.165) is 38.5 Å². The molecule has 2 atom stereocenters. The van der Waals surface area contributed by atoms with Crippen molar-refractivity contribution in [2.75, 3.05) is 13.2 Å². The second-order valence-electron chi connectivity index (χ2n) is 27.0. The van der Waals surface area contributed by atoms with Crippen LogP contribution in [0.15, 0.2) is 12.2 Å². The Bertz CT molecular complexity index is 1270. The van der Waals surface area contributed by atoms with E-state index in [9.17, 15) is 19.8 Å². The summed E-state index contributed by atoms with van der Waals surface area (Å²) in [4.78, 5) is 24.6. The van der Waals surface area contributed by atoms with Crippen LogP contribution >= 0.6 is 0 Å². The van der Waals surface area contributed by atoms with E-state index in [2.05, 4.69) is 31.3 Å². The third-order valence-electron chi connectivity index (χ3n) is 18.6. The number of esters is 1. The molecule has 0 aliphatic carbocycles. The van der Waals surface area contributed by atoms with E-state index < -0.39 is 12.1 Å². The first-order valence-electron chi connectivity index (χ1n) is 38.9. The van der Waals surface area contributed by atoms with E-state index in [1.807, 2.05) is 0 Å². The van der Waals surface area contributed by atoms with Crippen molar-refractivity contribution >= 4 is 11.9 Å². The van der Waals surface area contributed by atoms with E-state index in [1.165, 1.54) is 379 Å². The van der Waals surface area contributed by atoms with Crippen LogP contribution in [-0.2, 0) is 14.3 Å². The van der Waals surface area contributed by atoms with Gasteiger partial charge in [0, 0.05) is 12.8 Å². The molecule has 500 valence electrons. The van der Waals surface area contributed by atoms with Gasteiger partial charge in [0.05, 0.1) is 25.4 Å². The van der Waals surface area contributed by atoms with Gasteiger partial charge in [-0.05, 0) is 51.4 Å². The Kier molecular flexibility index (Phi) is 72.8. The van der Waals surface area contributed by atoms with Crippen molar-refractivity contribution in [3.8, 4) is 0 Å². The maximum atomic E-state index is 12.5. The fourth-order valence-electron chi connectivity index (χ4n) is 12.6. The highest BCUT2D eigenvalue weighted by atomic mass is 16.5. The third-order valence-corrected chi connectivity index (χ3v) is 18.6. The number of carbonyl (C=O) groups excluding carboxylic acids is 2. The van der Waals surface area contributed by atoms with Crippen molar-refractivity contribution in [3.63, 3.8) is 0 Å². The minimum atomic E-state index is -0.660. The first-order chi connectivity index (χ1) is 41.5. The van der Waals surface area contributed by atoms with Crippen molar-refractivity contribution in [3.05, 3.63) is 12.2 Å². The third kappa shape index (κ3) is 69.7. The minimum absolute atomic E-state index is 0.0225. The number of hydrogen-bond donors (Lipinski definition) is 3. The molecule has 0 saturated heterocycles. The molecule has 0 bridgehead atoms. The van der Waals surface area contributed by atoms with E-state index >= 15 is 0 Å². The topological polar surface area (TPSA) is 95.9 Å². The molecule has 0 saturated carbocycles. The molecule has 6 nitrogen and oxygen atoms in total. The molecule has 0 fully saturated rings. The second-order valence-corrected chi connectivity index (χ2v) is 27.0. The number of nitrogens with one attached hydrogen (secondary N) is 1. The number of unbranched alkanes of at least 4 members (excludes halogenated alkanes) is 61. The molecule has 6 heteroatoms. The summed E-state index contributed by atoms with van der Waals surface area (Å²) >= 11 is 0. The Balaban J connectivity index is 3.29. The van der Waals surface area contributed by atoms with Gasteiger partial charge >= 0.3 is 5.97 Å². The zero-order valence-corrected chi connectivity index (χ0v) is 57.4. The van der Waals surface area contributed by atoms with Crippen LogP contribution in [0, 0.1) is 0 Å². The first-order valence-corrected chi connectivity index (χ1v) is 38.9. The number of carbonyl (C=O) groups is 2. The van der Waals surface area contributed by atoms with Crippen LogP contribution in [0.5, 0.6) is 0 Å². The van der Waals surface area contributed by atoms with Crippen LogP contribution in [0.3, 0.4) is 0 Å². The zero-order valence-electron chi connectivity index (χ0n) is 57.4. The molecular weight excluding hydrogens is 1030 g/mol. The van der Waals surface area contributed by atoms with Gasteiger partial charge in [-0.3, -0.25) is 9.59 Å². The van der Waals surface area contributed by atoms with Gasteiger partial charge in [0.1, 0.15) is 0 Å². The highest BCUT2D eigenvalue weighted by molar-refractivity contribution is 5.76. The number of hydrogen-bond acceptors (Lipinski definition) is 5. The Morgan fingerprint density at radius 3 is 0.845 bits per heavy atom. The van der Waals surface area contributed by atoms with Crippen LogP contribution in [0.4, 0.5) is 0 Å². The largest absolute Gasteiger partial charge is 0.466 e. The Morgan fingerprint density at radius 2 is 0.560 bits per heavy atom. The van der Waals surface area contributed by atoms with Crippen molar-refractivity contribution in [2.45, 2.75) is 463 Å². The van der Waals surface area contributed by atoms with Gasteiger partial charge in [0.25, 0.3) is 0 Å². The Hall–Kier alpha value is -1.40. The Morgan fingerprint density at radius 1 is 0.321 bits per heavy atom. The van der Waals surface area contributed by atoms with Crippen LogP contribution in [0.2, 0.25) is 0 Å². The van der Waals surface area contributed by atoms with Gasteiger partial charge in [-0.15, -0.1) is 0 Å². The molecule has 0 aromatic rings. The molecular formula is C78H153NO5. The molecule has 0 aliphatic heterocycles. The first kappa shape index (κ1) is 82.6. The lowest BCUT2D eigenvalue weighted by molar-refractivity contribution is -0.143. The number of allylic oxidation sites excluding steroid dienone is 2. The smallest absolute Gasteiger partial charge is 0.305 e. The van der Waals surface area contributed by atoms with E-state index in [-0.39, 0.29) is 18.5 Å². The lowest BCUT2D eigenvalue weighted by Gasteiger charge is -2.22. The van der Waals surface area contributed by atoms with Crippen molar-refractivity contribution < 1.29 is 24.5 Å². The van der Waals surface area contributed by atoms with Crippen molar-refractivity contribution in [1.82, 2.24) is 5.32 Å². The highest BCUT2D eigenvalue weighted by Gasteiger charge is 2.20. The summed E-state index contributed by atoms with van der Waals surface area (Å²) in [6.45, 7) is 5.00. The number of rotatable bonds is 74. The maximum absolute atomic E-state index is 12.5. The highest BCUT2D eigenvalue weighted by Crippen LogP contribution is 2.20. The number of aliphatic hydroxyl groups is 2. The fourth-order valence-corrected chi connectivity index (χ4v) is 12.6. The summed E-state index contributed by atoms with van der Waals surface area (Å²) in [5, 5.41) is 23.4. The minimum Gasteiger partial charge on any atom is -0.466 e. The standard InChI is InChI=1S/C78H153NO5/c1-3-5-7-9-11-13-15-17-19-20-36-40-44-48-52-56-60-64-68-72-78(83)84-73-69-65-61-57-53-49-45-41-38-35-33-31-29-27-25-23-21-22-24-26-28-30-32-34-37-39-43-47-51-55-59-63-67-71-77(82)79-75(74-80)76(81)70-66-62-58-54-50-46-42-18-16-14-12-10-8-6-4-2/h17,19,75-76,80-81H,3-16,18,20-74H2,1-2H3,(H,79,82)/b19-17-. The average Bonchev–Trinajstić information content (AvgIpc) is 3.53. The predicted octanol–water partition coefficient (Wildman–Crippen LogP) is 25.5. The van der Waals surface area contributed by atoms with Crippen LogP contribution in [-0.4, -0.2) is 47.4 Å². The lowest BCUT2D eigenvalue weighted by atomic mass is 10.0. The zero-order chi connectivity index (χ0) is 60.6. The molecule has 2 unspecified atom stereocenters. The summed E-state index contributed by atoms with van der Waals surface area (Å²) in [7, 11) is 0. The van der Waals surface area contributed by atoms with Crippen molar-refractivity contribution in [1.29, 1.82) is 0 Å². The van der Waals surface area contributed by atoms with Crippen LogP contribution < -0.4 is 5.32 Å². The SMILES string of the molecule is CCCCCCCC/C=C\CCCCCCCCCCCC(=O)OCCCCCCCCCCCCCCCCCCCCCCCCCCCCCCCCCCCC(=O)NC(CO)C(O)CCCCCCCCCCCCCCCCC. The van der Waals surface area contributed by atoms with Crippen LogP contribution in [0.25, 0.3) is 0 Å². The summed E-state index contributed by atoms with van der Waals surface area (Å²) in [6, 6.07) is -0.537. The van der Waals surface area contributed by atoms with E-state index in [1.54, 1.807) is 0 Å². The predicted molar refractivity (Wildman–Crippen MR) is 370 cm³/mol. The van der Waals surface area contributed by atoms with Gasteiger partial charge in [-0.1, -0.05) is 398 Å². The fraction of sp³-hybridized carbons (Fsp3) is 0.949. The molecule has 0 aromatic carbocycles. The monoisotopic (exact) mass is 1180 g/mol. The Labute approximate surface area is 527 Å². The number of ether oxygens (including phenoxy) is 1. The normalized spacial score (nSPS) is 12.5. The molecule has 0 aliphatic rings. The number of aliphatic hydroxyl groups excluding tert-OH is 2. The molecule has 3 N–H and O–H groups in total. The van der Waals surface area contributed by atoms with Gasteiger partial charge in [0.15, 0.2) is 0 Å². The van der Waals surface area contributed by atoms with Crippen LogP contribution in [0.1, 0.15) is 450 Å². The molecule has 84 heavy (non-hydrogen) atoms. The molecule has 0 aromatic heterocycles. The second kappa shape index (κ2) is 74.1. The van der Waals surface area contributed by atoms with Crippen molar-refractivity contribution in [2.24, 2.45) is 0 Å². The maximum Gasteiger partial charge on any atom is 0.305 e. The molecule has 0 rings (SSSR count). The molecule has 0 spiro atoms. The number of amides is 1. The molecule has 0 heterocycles. The summed E-state index contributed by atoms with van der Waals surface area (Å²) in [5.74, 6) is -0.00383. The lowest BCUT2D eigenvalue weighted by Crippen LogP contribution is -2.45. The van der Waals surface area contributed by atoms with E-state index in [0.29, 0.717) is 25.9 Å². The summed E-state index contributed by atoms with van der Waals surface area (Å²) in [5.41, 5.74) is 0. The molecule has 0 radical (unpaired) electrons. The molecule has 1 amide bonds. The van der Waals surface area contributed by atoms with Gasteiger partial charge in [-0.2, -0.15) is 0 Å². The van der Waals surface area contributed by atoms with Gasteiger partial charge in [0.2, 0.25) is 5.91 Å². The van der Waals surface area contributed by atoms with Gasteiger partial charge < -0.3 is 20.3 Å². The summed E-state index contributed by atoms with van der Waals surface area (Å²) < 4.78 is 5.52. The average molecular weight is 1190 g/mol. The van der Waals surface area contributed by atoms with E-state index in [4.69, 9.17) is 4.74 Å². The quantitative estimate of drug-likeness (QED) is 0.0320.